The Morgan fingerprint density at radius 2 is 2.20 bits per heavy atom. The van der Waals surface area contributed by atoms with E-state index in [1.54, 1.807) is 6.20 Å². The number of aromatic nitrogens is 1. The molecule has 1 atom stereocenters. The smallest absolute Gasteiger partial charge is 0.194 e. The predicted octanol–water partition coefficient (Wildman–Crippen LogP) is 1.50. The van der Waals surface area contributed by atoms with Gasteiger partial charge in [0.25, 0.3) is 0 Å². The highest BCUT2D eigenvalue weighted by Crippen LogP contribution is 2.23. The van der Waals surface area contributed by atoms with Crippen molar-refractivity contribution in [3.8, 4) is 0 Å². The van der Waals surface area contributed by atoms with E-state index in [9.17, 15) is 0 Å². The quantitative estimate of drug-likeness (QED) is 0.680. The number of hydrogen-bond donors (Lipinski definition) is 4. The van der Waals surface area contributed by atoms with Crippen LogP contribution in [0.4, 0.5) is 0 Å². The van der Waals surface area contributed by atoms with E-state index in [-0.39, 0.29) is 0 Å². The molecule has 1 aliphatic rings. The van der Waals surface area contributed by atoms with E-state index in [0.717, 1.165) is 11.9 Å². The van der Waals surface area contributed by atoms with Crippen LogP contribution in [-0.2, 0) is 6.42 Å². The second-order valence-electron chi connectivity index (χ2n) is 5.33. The molecule has 0 bridgehead atoms. The van der Waals surface area contributed by atoms with Crippen LogP contribution in [-0.4, -0.2) is 16.6 Å². The molecule has 0 spiro atoms. The molecule has 0 radical (unpaired) electrons. The number of nitrogens with two attached hydrogens (primary N) is 2. The molecule has 2 heterocycles. The first-order valence-corrected chi connectivity index (χ1v) is 6.71. The minimum Gasteiger partial charge on any atom is -0.370 e. The van der Waals surface area contributed by atoms with Crippen LogP contribution in [0.5, 0.6) is 0 Å². The van der Waals surface area contributed by atoms with Crippen LogP contribution in [0.2, 0.25) is 0 Å². The van der Waals surface area contributed by atoms with Crippen molar-refractivity contribution in [3.63, 3.8) is 0 Å². The van der Waals surface area contributed by atoms with Crippen molar-refractivity contribution in [1.29, 1.82) is 0 Å². The number of H-pyrrole nitrogens is 1. The van der Waals surface area contributed by atoms with Gasteiger partial charge >= 0.3 is 0 Å². The first-order valence-electron chi connectivity index (χ1n) is 6.71. The molecule has 2 aromatic rings. The van der Waals surface area contributed by atoms with Crippen molar-refractivity contribution in [3.05, 3.63) is 47.8 Å². The number of nitrogens with zero attached hydrogens (tertiary/aromatic N) is 1. The van der Waals surface area contributed by atoms with Gasteiger partial charge in [-0.3, -0.25) is 0 Å². The van der Waals surface area contributed by atoms with Gasteiger partial charge in [0.15, 0.2) is 5.96 Å². The zero-order chi connectivity index (χ0) is 14.2. The molecule has 1 aromatic heterocycles. The molecular formula is C15H19N5. The zero-order valence-corrected chi connectivity index (χ0v) is 11.5. The molecule has 0 saturated heterocycles. The van der Waals surface area contributed by atoms with Gasteiger partial charge in [0.05, 0.1) is 0 Å². The Labute approximate surface area is 117 Å². The second kappa shape index (κ2) is 4.68. The van der Waals surface area contributed by atoms with E-state index >= 15 is 0 Å². The molecule has 5 nitrogen and oxygen atoms in total. The fourth-order valence-corrected chi connectivity index (χ4v) is 2.54. The topological polar surface area (TPSA) is 92.2 Å². The molecule has 1 aromatic carbocycles. The third kappa shape index (κ3) is 2.40. The van der Waals surface area contributed by atoms with Crippen molar-refractivity contribution < 1.29 is 0 Å². The fraction of sp³-hybridized carbons (Fsp3) is 0.267. The molecule has 0 aliphatic carbocycles. The lowest BCUT2D eigenvalue weighted by Crippen LogP contribution is -2.44. The van der Waals surface area contributed by atoms with E-state index in [1.165, 1.54) is 16.5 Å². The summed E-state index contributed by atoms with van der Waals surface area (Å²) in [6.07, 6.45) is 7.21. The number of aromatic amines is 1. The summed E-state index contributed by atoms with van der Waals surface area (Å²) in [6, 6.07) is 6.40. The Morgan fingerprint density at radius 1 is 1.35 bits per heavy atom. The van der Waals surface area contributed by atoms with Crippen LogP contribution < -0.4 is 16.8 Å². The summed E-state index contributed by atoms with van der Waals surface area (Å²) in [5.41, 5.74) is 14.9. The van der Waals surface area contributed by atoms with Gasteiger partial charge in [0.2, 0.25) is 0 Å². The van der Waals surface area contributed by atoms with Crippen LogP contribution in [0.1, 0.15) is 17.5 Å². The maximum absolute atomic E-state index is 6.24. The van der Waals surface area contributed by atoms with Crippen molar-refractivity contribution in [2.24, 2.45) is 16.5 Å². The Morgan fingerprint density at radius 3 is 3.00 bits per heavy atom. The van der Waals surface area contributed by atoms with E-state index in [1.807, 2.05) is 12.3 Å². The monoisotopic (exact) mass is 269 g/mol. The SMILES string of the molecule is Cc1ccc2[nH]cc(CCC3(N)C=CNC(N)=N3)c2c1. The highest BCUT2D eigenvalue weighted by Gasteiger charge is 2.23. The Bertz CT molecular complexity index is 697. The number of fused-ring (bicyclic) bond motifs is 1. The van der Waals surface area contributed by atoms with Gasteiger partial charge in [-0.15, -0.1) is 0 Å². The minimum absolute atomic E-state index is 0.366. The predicted molar refractivity (Wildman–Crippen MR) is 82.2 cm³/mol. The minimum atomic E-state index is -0.719. The first-order chi connectivity index (χ1) is 9.56. The molecular weight excluding hydrogens is 250 g/mol. The largest absolute Gasteiger partial charge is 0.370 e. The molecule has 104 valence electrons. The Balaban J connectivity index is 1.82. The van der Waals surface area contributed by atoms with Crippen molar-refractivity contribution in [1.82, 2.24) is 10.3 Å². The molecule has 6 N–H and O–H groups in total. The van der Waals surface area contributed by atoms with Crippen LogP contribution >= 0.6 is 0 Å². The standard InChI is InChI=1S/C15H19N5/c1-10-2-3-13-12(8-10)11(9-19-13)4-5-15(17)6-7-18-14(16)20-15/h2-3,6-9,19H,4-5,17H2,1H3,(H3,16,18,20). The summed E-state index contributed by atoms with van der Waals surface area (Å²) >= 11 is 0. The number of benzene rings is 1. The van der Waals surface area contributed by atoms with Crippen LogP contribution in [0.25, 0.3) is 10.9 Å². The summed E-state index contributed by atoms with van der Waals surface area (Å²) in [6.45, 7) is 2.10. The number of nitrogens with one attached hydrogen (secondary N) is 2. The van der Waals surface area contributed by atoms with Crippen molar-refractivity contribution in [2.45, 2.75) is 25.4 Å². The summed E-state index contributed by atoms with van der Waals surface area (Å²) in [5.74, 6) is 0.366. The highest BCUT2D eigenvalue weighted by atomic mass is 15.2. The van der Waals surface area contributed by atoms with Crippen molar-refractivity contribution >= 4 is 16.9 Å². The molecule has 5 heteroatoms. The van der Waals surface area contributed by atoms with E-state index < -0.39 is 5.66 Å². The highest BCUT2D eigenvalue weighted by molar-refractivity contribution is 5.84. The Kier molecular flexibility index (Phi) is 2.99. The lowest BCUT2D eigenvalue weighted by molar-refractivity contribution is 0.501. The third-order valence-electron chi connectivity index (χ3n) is 3.65. The lowest BCUT2D eigenvalue weighted by atomic mass is 9.99. The Hall–Kier alpha value is -2.27. The van der Waals surface area contributed by atoms with E-state index in [4.69, 9.17) is 11.5 Å². The fourth-order valence-electron chi connectivity index (χ4n) is 2.54. The summed E-state index contributed by atoms with van der Waals surface area (Å²) in [4.78, 5) is 7.57. The number of aryl methyl sites for hydroxylation is 2. The van der Waals surface area contributed by atoms with Gasteiger partial charge in [0.1, 0.15) is 5.66 Å². The van der Waals surface area contributed by atoms with Gasteiger partial charge in [-0.1, -0.05) is 11.6 Å². The molecule has 3 rings (SSSR count). The first kappa shape index (κ1) is 12.7. The maximum Gasteiger partial charge on any atom is 0.194 e. The second-order valence-corrected chi connectivity index (χ2v) is 5.33. The van der Waals surface area contributed by atoms with Gasteiger partial charge in [-0.05, 0) is 43.5 Å². The molecule has 1 aliphatic heterocycles. The summed E-state index contributed by atoms with van der Waals surface area (Å²) in [5, 5.41) is 4.08. The van der Waals surface area contributed by atoms with Gasteiger partial charge in [0, 0.05) is 23.3 Å². The number of aliphatic imine (C=N–C) groups is 1. The number of rotatable bonds is 3. The zero-order valence-electron chi connectivity index (χ0n) is 11.5. The van der Waals surface area contributed by atoms with Gasteiger partial charge < -0.3 is 21.8 Å². The third-order valence-corrected chi connectivity index (χ3v) is 3.65. The van der Waals surface area contributed by atoms with Gasteiger partial charge in [-0.25, -0.2) is 4.99 Å². The average Bonchev–Trinajstić information content (AvgIpc) is 2.78. The molecule has 0 fully saturated rings. The molecule has 20 heavy (non-hydrogen) atoms. The van der Waals surface area contributed by atoms with Gasteiger partial charge in [-0.2, -0.15) is 0 Å². The normalized spacial score (nSPS) is 21.8. The van der Waals surface area contributed by atoms with E-state index in [2.05, 4.69) is 40.4 Å². The lowest BCUT2D eigenvalue weighted by Gasteiger charge is -2.24. The van der Waals surface area contributed by atoms with Crippen LogP contribution in [0, 0.1) is 6.92 Å². The van der Waals surface area contributed by atoms with Crippen LogP contribution in [0.3, 0.4) is 0 Å². The molecule has 0 saturated carbocycles. The number of guanidine groups is 1. The van der Waals surface area contributed by atoms with Crippen molar-refractivity contribution in [2.75, 3.05) is 0 Å². The number of hydrogen-bond acceptors (Lipinski definition) is 4. The van der Waals surface area contributed by atoms with Crippen LogP contribution in [0.15, 0.2) is 41.7 Å². The molecule has 1 unspecified atom stereocenters. The summed E-state index contributed by atoms with van der Waals surface area (Å²) in [7, 11) is 0. The molecule has 0 amide bonds. The maximum atomic E-state index is 6.24. The summed E-state index contributed by atoms with van der Waals surface area (Å²) < 4.78 is 0. The average molecular weight is 269 g/mol. The van der Waals surface area contributed by atoms with E-state index in [0.29, 0.717) is 12.4 Å².